The van der Waals surface area contributed by atoms with Crippen LogP contribution in [0.3, 0.4) is 0 Å². The molecular weight excluding hydrogens is 312 g/mol. The fraction of sp³-hybridized carbons (Fsp3) is 0.353. The number of hydrogen-bond donors (Lipinski definition) is 1. The first kappa shape index (κ1) is 15.7. The lowest BCUT2D eigenvalue weighted by molar-refractivity contribution is -0.126. The predicted molar refractivity (Wildman–Crippen MR) is 89.6 cm³/mol. The van der Waals surface area contributed by atoms with Gasteiger partial charge in [-0.2, -0.15) is 0 Å². The SMILES string of the molecule is CN1C[C@@H](NC(=O)CCC(=O)c2csc3ccccc23)CC1=O. The Kier molecular flexibility index (Phi) is 4.43. The standard InChI is InChI=1S/C17H18N2O3S/c1-19-9-11(8-17(19)22)18-16(21)7-6-14(20)13-10-23-15-5-3-2-4-12(13)15/h2-5,10-11H,6-9H2,1H3,(H,18,21)/t11-/m0/s1. The average molecular weight is 330 g/mol. The lowest BCUT2D eigenvalue weighted by Gasteiger charge is -2.12. The second-order valence-electron chi connectivity index (χ2n) is 5.81. The number of thiophene rings is 1. The molecule has 1 aromatic heterocycles. The molecule has 0 bridgehead atoms. The molecule has 1 fully saturated rings. The Bertz CT molecular complexity index is 768. The normalized spacial score (nSPS) is 17.7. The lowest BCUT2D eigenvalue weighted by atomic mass is 10.1. The summed E-state index contributed by atoms with van der Waals surface area (Å²) in [6.45, 7) is 0.535. The van der Waals surface area contributed by atoms with Crippen molar-refractivity contribution in [3.8, 4) is 0 Å². The number of hydrogen-bond acceptors (Lipinski definition) is 4. The van der Waals surface area contributed by atoms with Gasteiger partial charge in [-0.3, -0.25) is 14.4 Å². The van der Waals surface area contributed by atoms with Crippen molar-refractivity contribution in [2.24, 2.45) is 0 Å². The molecule has 1 aliphatic heterocycles. The molecule has 0 unspecified atom stereocenters. The Labute approximate surface area is 138 Å². The van der Waals surface area contributed by atoms with Crippen LogP contribution in [0.5, 0.6) is 0 Å². The molecule has 0 aliphatic carbocycles. The van der Waals surface area contributed by atoms with Crippen molar-refractivity contribution in [3.63, 3.8) is 0 Å². The maximum Gasteiger partial charge on any atom is 0.224 e. The van der Waals surface area contributed by atoms with E-state index in [4.69, 9.17) is 0 Å². The molecule has 120 valence electrons. The van der Waals surface area contributed by atoms with E-state index in [1.165, 1.54) is 11.3 Å². The van der Waals surface area contributed by atoms with E-state index in [1.54, 1.807) is 11.9 Å². The molecule has 1 aromatic carbocycles. The van der Waals surface area contributed by atoms with Crippen LogP contribution >= 0.6 is 11.3 Å². The van der Waals surface area contributed by atoms with Crippen LogP contribution in [-0.4, -0.2) is 42.1 Å². The van der Waals surface area contributed by atoms with Crippen LogP contribution in [0.15, 0.2) is 29.6 Å². The zero-order valence-corrected chi connectivity index (χ0v) is 13.7. The molecule has 3 rings (SSSR count). The van der Waals surface area contributed by atoms with Crippen LogP contribution in [0, 0.1) is 0 Å². The largest absolute Gasteiger partial charge is 0.351 e. The van der Waals surface area contributed by atoms with Crippen LogP contribution in [0.2, 0.25) is 0 Å². The van der Waals surface area contributed by atoms with E-state index < -0.39 is 0 Å². The second kappa shape index (κ2) is 6.50. The molecule has 1 N–H and O–H groups in total. The summed E-state index contributed by atoms with van der Waals surface area (Å²) in [6.07, 6.45) is 0.672. The molecule has 0 radical (unpaired) electrons. The molecule has 2 heterocycles. The van der Waals surface area contributed by atoms with Gasteiger partial charge in [0.15, 0.2) is 5.78 Å². The summed E-state index contributed by atoms with van der Waals surface area (Å²) in [5, 5.41) is 5.63. The number of fused-ring (bicyclic) bond motifs is 1. The highest BCUT2D eigenvalue weighted by Gasteiger charge is 2.27. The van der Waals surface area contributed by atoms with Gasteiger partial charge in [0.1, 0.15) is 0 Å². The van der Waals surface area contributed by atoms with Gasteiger partial charge in [-0.1, -0.05) is 18.2 Å². The third-order valence-corrected chi connectivity index (χ3v) is 5.03. The molecule has 2 amide bonds. The molecule has 5 nitrogen and oxygen atoms in total. The summed E-state index contributed by atoms with van der Waals surface area (Å²) in [5.41, 5.74) is 0.689. The monoisotopic (exact) mass is 330 g/mol. The smallest absolute Gasteiger partial charge is 0.224 e. The summed E-state index contributed by atoms with van der Waals surface area (Å²) in [7, 11) is 1.72. The molecule has 1 aliphatic rings. The average Bonchev–Trinajstić information content (AvgIpc) is 3.09. The highest BCUT2D eigenvalue weighted by Crippen LogP contribution is 2.26. The summed E-state index contributed by atoms with van der Waals surface area (Å²) < 4.78 is 1.08. The molecular formula is C17H18N2O3S. The fourth-order valence-electron chi connectivity index (χ4n) is 2.82. The first-order valence-corrected chi connectivity index (χ1v) is 8.45. The van der Waals surface area contributed by atoms with Gasteiger partial charge < -0.3 is 10.2 Å². The number of carbonyl (C=O) groups is 3. The van der Waals surface area contributed by atoms with E-state index >= 15 is 0 Å². The van der Waals surface area contributed by atoms with Gasteiger partial charge in [-0.15, -0.1) is 11.3 Å². The van der Waals surface area contributed by atoms with Gasteiger partial charge in [-0.25, -0.2) is 0 Å². The number of benzene rings is 1. The number of nitrogens with zero attached hydrogens (tertiary/aromatic N) is 1. The maximum absolute atomic E-state index is 12.3. The molecule has 0 spiro atoms. The van der Waals surface area contributed by atoms with Crippen molar-refractivity contribution in [1.29, 1.82) is 0 Å². The van der Waals surface area contributed by atoms with Crippen LogP contribution < -0.4 is 5.32 Å². The quantitative estimate of drug-likeness (QED) is 0.855. The number of rotatable bonds is 5. The van der Waals surface area contributed by atoms with Gasteiger partial charge >= 0.3 is 0 Å². The summed E-state index contributed by atoms with van der Waals surface area (Å²) in [4.78, 5) is 37.3. The summed E-state index contributed by atoms with van der Waals surface area (Å²) >= 11 is 1.54. The lowest BCUT2D eigenvalue weighted by Crippen LogP contribution is -2.36. The molecule has 2 aromatic rings. The minimum atomic E-state index is -0.175. The zero-order chi connectivity index (χ0) is 16.4. The number of amides is 2. The molecule has 23 heavy (non-hydrogen) atoms. The van der Waals surface area contributed by atoms with E-state index in [0.717, 1.165) is 10.1 Å². The predicted octanol–water partition coefficient (Wildman–Crippen LogP) is 2.21. The Hall–Kier alpha value is -2.21. The van der Waals surface area contributed by atoms with Crippen molar-refractivity contribution in [1.82, 2.24) is 10.2 Å². The Morgan fingerprint density at radius 3 is 2.83 bits per heavy atom. The summed E-state index contributed by atoms with van der Waals surface area (Å²) in [5.74, 6) is -0.153. The molecule has 6 heteroatoms. The van der Waals surface area contributed by atoms with Gasteiger partial charge in [0, 0.05) is 53.9 Å². The van der Waals surface area contributed by atoms with Crippen LogP contribution in [0.4, 0.5) is 0 Å². The minimum Gasteiger partial charge on any atom is -0.351 e. The fourth-order valence-corrected chi connectivity index (χ4v) is 3.78. The first-order chi connectivity index (χ1) is 11.0. The number of carbonyl (C=O) groups excluding carboxylic acids is 3. The number of ketones is 1. The Balaban J connectivity index is 1.55. The number of Topliss-reactive ketones (excluding diaryl/α,β-unsaturated/α-hetero) is 1. The highest BCUT2D eigenvalue weighted by atomic mass is 32.1. The third-order valence-electron chi connectivity index (χ3n) is 4.07. The van der Waals surface area contributed by atoms with Gasteiger partial charge in [-0.05, 0) is 6.07 Å². The molecule has 1 saturated heterocycles. The number of nitrogens with one attached hydrogen (secondary N) is 1. The van der Waals surface area contributed by atoms with Gasteiger partial charge in [0.25, 0.3) is 0 Å². The van der Waals surface area contributed by atoms with Crippen LogP contribution in [-0.2, 0) is 9.59 Å². The zero-order valence-electron chi connectivity index (χ0n) is 12.9. The Morgan fingerprint density at radius 2 is 2.09 bits per heavy atom. The van der Waals surface area contributed by atoms with E-state index in [-0.39, 0.29) is 36.5 Å². The van der Waals surface area contributed by atoms with Crippen molar-refractivity contribution in [2.45, 2.75) is 25.3 Å². The number of likely N-dealkylation sites (tertiary alicyclic amines) is 1. The Morgan fingerprint density at radius 1 is 1.30 bits per heavy atom. The second-order valence-corrected chi connectivity index (χ2v) is 6.72. The van der Waals surface area contributed by atoms with E-state index in [0.29, 0.717) is 18.5 Å². The highest BCUT2D eigenvalue weighted by molar-refractivity contribution is 7.17. The minimum absolute atomic E-state index is 0.0165. The van der Waals surface area contributed by atoms with Crippen LogP contribution in [0.1, 0.15) is 29.6 Å². The number of likely N-dealkylation sites (N-methyl/N-ethyl adjacent to an activating group) is 1. The van der Waals surface area contributed by atoms with Gasteiger partial charge in [0.05, 0.1) is 6.04 Å². The van der Waals surface area contributed by atoms with Crippen molar-refractivity contribution < 1.29 is 14.4 Å². The van der Waals surface area contributed by atoms with E-state index in [2.05, 4.69) is 5.32 Å². The van der Waals surface area contributed by atoms with E-state index in [1.807, 2.05) is 29.6 Å². The first-order valence-electron chi connectivity index (χ1n) is 7.57. The maximum atomic E-state index is 12.3. The van der Waals surface area contributed by atoms with Crippen molar-refractivity contribution in [3.05, 3.63) is 35.2 Å². The van der Waals surface area contributed by atoms with Crippen molar-refractivity contribution in [2.75, 3.05) is 13.6 Å². The van der Waals surface area contributed by atoms with Crippen LogP contribution in [0.25, 0.3) is 10.1 Å². The third kappa shape index (κ3) is 3.42. The topological polar surface area (TPSA) is 66.5 Å². The van der Waals surface area contributed by atoms with Crippen molar-refractivity contribution >= 4 is 39.0 Å². The summed E-state index contributed by atoms with van der Waals surface area (Å²) in [6, 6.07) is 7.63. The molecule has 0 saturated carbocycles. The molecule has 1 atom stereocenters. The van der Waals surface area contributed by atoms with Gasteiger partial charge in [0.2, 0.25) is 11.8 Å². The van der Waals surface area contributed by atoms with E-state index in [9.17, 15) is 14.4 Å².